The molecule has 0 unspecified atom stereocenters. The summed E-state index contributed by atoms with van der Waals surface area (Å²) < 4.78 is 2.47. The third-order valence-electron chi connectivity index (χ3n) is 4.82. The van der Waals surface area contributed by atoms with Gasteiger partial charge in [-0.15, -0.1) is 13.2 Å². The largest absolute Gasteiger partial charge is 0.494 e. The minimum absolute atomic E-state index is 0.0215. The molecule has 3 rings (SSSR count). The Bertz CT molecular complexity index is 1350. The maximum absolute atomic E-state index is 13.0. The minimum Gasteiger partial charge on any atom is -0.494 e. The van der Waals surface area contributed by atoms with Crippen LogP contribution in [0.3, 0.4) is 0 Å². The Balaban J connectivity index is 2.49. The molecule has 0 aliphatic heterocycles. The number of nitrogens with one attached hydrogen (secondary N) is 2. The van der Waals surface area contributed by atoms with Crippen LogP contribution >= 0.6 is 36.0 Å². The Morgan fingerprint density at radius 3 is 1.69 bits per heavy atom. The number of allylic oxidation sites excluding steroid dienone is 2. The van der Waals surface area contributed by atoms with Gasteiger partial charge in [0, 0.05) is 18.1 Å². The molecule has 4 N–H and O–H groups in total. The Morgan fingerprint density at radius 1 is 0.906 bits per heavy atom. The molecule has 2 heterocycles. The first kappa shape index (κ1) is 23.5. The predicted octanol–water partition coefficient (Wildman–Crippen LogP) is 3.74. The van der Waals surface area contributed by atoms with Crippen LogP contribution in [0.25, 0.3) is 0 Å². The number of nitrogens with zero attached hydrogens (tertiary/aromatic N) is 2. The molecule has 0 aliphatic rings. The lowest BCUT2D eigenvalue weighted by molar-refractivity contribution is 0.395. The van der Waals surface area contributed by atoms with Gasteiger partial charge in [0.2, 0.25) is 11.8 Å². The van der Waals surface area contributed by atoms with E-state index < -0.39 is 28.8 Å². The smallest absolute Gasteiger partial charge is 0.259 e. The lowest BCUT2D eigenvalue weighted by Crippen LogP contribution is -2.28. The summed E-state index contributed by atoms with van der Waals surface area (Å²) in [6.45, 7) is 7.46. The first-order valence-corrected chi connectivity index (χ1v) is 10.5. The van der Waals surface area contributed by atoms with Crippen molar-refractivity contribution in [2.24, 2.45) is 0 Å². The van der Waals surface area contributed by atoms with Gasteiger partial charge in [0.1, 0.15) is 0 Å². The monoisotopic (exact) mass is 490 g/mol. The average molecular weight is 491 g/mol. The van der Waals surface area contributed by atoms with Crippen molar-refractivity contribution >= 4 is 36.0 Å². The number of hydrogen-bond acceptors (Lipinski definition) is 6. The second kappa shape index (κ2) is 9.51. The zero-order chi connectivity index (χ0) is 23.6. The molecule has 2 aromatic heterocycles. The maximum atomic E-state index is 13.0. The van der Waals surface area contributed by atoms with Gasteiger partial charge in [0.05, 0.1) is 17.0 Å². The molecule has 0 bridgehead atoms. The highest BCUT2D eigenvalue weighted by Crippen LogP contribution is 2.37. The van der Waals surface area contributed by atoms with E-state index in [0.29, 0.717) is 10.6 Å². The van der Waals surface area contributed by atoms with Crippen LogP contribution in [0, 0.1) is 9.54 Å². The second-order valence-electron chi connectivity index (χ2n) is 6.78. The molecular formula is C21H19ClN4O4S2. The van der Waals surface area contributed by atoms with Gasteiger partial charge in [-0.05, 0) is 42.1 Å². The molecule has 0 saturated heterocycles. The van der Waals surface area contributed by atoms with E-state index in [-0.39, 0.29) is 33.8 Å². The van der Waals surface area contributed by atoms with Gasteiger partial charge < -0.3 is 10.2 Å². The van der Waals surface area contributed by atoms with E-state index in [9.17, 15) is 19.8 Å². The second-order valence-corrected chi connectivity index (χ2v) is 7.99. The summed E-state index contributed by atoms with van der Waals surface area (Å²) in [7, 11) is 0. The zero-order valence-electron chi connectivity index (χ0n) is 16.7. The van der Waals surface area contributed by atoms with Crippen molar-refractivity contribution in [1.82, 2.24) is 19.1 Å². The molecule has 1 aromatic carbocycles. The van der Waals surface area contributed by atoms with Crippen LogP contribution in [0.5, 0.6) is 11.8 Å². The van der Waals surface area contributed by atoms with Crippen molar-refractivity contribution in [3.05, 3.63) is 102 Å². The highest BCUT2D eigenvalue weighted by Gasteiger charge is 2.31. The summed E-state index contributed by atoms with van der Waals surface area (Å²) in [6.07, 6.45) is 2.98. The summed E-state index contributed by atoms with van der Waals surface area (Å²) in [6, 6.07) is 6.31. The van der Waals surface area contributed by atoms with Gasteiger partial charge in [0.15, 0.2) is 9.54 Å². The summed E-state index contributed by atoms with van der Waals surface area (Å²) in [5.41, 5.74) is -1.40. The molecule has 0 amide bonds. The van der Waals surface area contributed by atoms with Gasteiger partial charge >= 0.3 is 0 Å². The van der Waals surface area contributed by atoms with Crippen LogP contribution in [0.1, 0.15) is 22.6 Å². The van der Waals surface area contributed by atoms with Crippen LogP contribution in [0.4, 0.5) is 0 Å². The molecule has 0 radical (unpaired) electrons. The molecule has 0 fully saturated rings. The fraction of sp³-hybridized carbons (Fsp3) is 0.143. The number of benzene rings is 1. The van der Waals surface area contributed by atoms with E-state index >= 15 is 0 Å². The molecule has 0 atom stereocenters. The van der Waals surface area contributed by atoms with Gasteiger partial charge in [0.25, 0.3) is 11.1 Å². The van der Waals surface area contributed by atoms with E-state index in [1.807, 2.05) is 0 Å². The average Bonchev–Trinajstić information content (AvgIpc) is 2.73. The van der Waals surface area contributed by atoms with Crippen molar-refractivity contribution in [3.63, 3.8) is 0 Å². The molecule has 3 aromatic rings. The van der Waals surface area contributed by atoms with Crippen molar-refractivity contribution < 1.29 is 10.2 Å². The van der Waals surface area contributed by atoms with E-state index in [1.165, 1.54) is 21.3 Å². The fourth-order valence-corrected chi connectivity index (χ4v) is 4.03. The fourth-order valence-electron chi connectivity index (χ4n) is 3.40. The van der Waals surface area contributed by atoms with Gasteiger partial charge in [-0.3, -0.25) is 28.7 Å². The van der Waals surface area contributed by atoms with Crippen LogP contribution in [-0.4, -0.2) is 29.3 Å². The van der Waals surface area contributed by atoms with Crippen molar-refractivity contribution in [2.75, 3.05) is 0 Å². The van der Waals surface area contributed by atoms with E-state index in [4.69, 9.17) is 36.0 Å². The highest BCUT2D eigenvalue weighted by molar-refractivity contribution is 7.71. The molecule has 0 saturated carbocycles. The zero-order valence-corrected chi connectivity index (χ0v) is 19.1. The molecule has 166 valence electrons. The Labute approximate surface area is 197 Å². The topological polar surface area (TPSA) is 116 Å². The number of aromatic hydroxyl groups is 2. The lowest BCUT2D eigenvalue weighted by Gasteiger charge is -2.22. The molecule has 0 aliphatic carbocycles. The summed E-state index contributed by atoms with van der Waals surface area (Å²) in [5.74, 6) is -2.11. The SMILES string of the molecule is C=CCn1c(O)c(C(c2ccc(Cl)cc2)c2c(O)n(CC=C)c(=S)[nH]c2=O)c(=O)[nH]c1=S. The number of aromatic amines is 2. The van der Waals surface area contributed by atoms with Crippen molar-refractivity contribution in [3.8, 4) is 11.8 Å². The van der Waals surface area contributed by atoms with Crippen LogP contribution in [0.15, 0.2) is 59.2 Å². The van der Waals surface area contributed by atoms with Crippen molar-refractivity contribution in [2.45, 2.75) is 19.0 Å². The first-order chi connectivity index (χ1) is 15.2. The summed E-state index contributed by atoms with van der Waals surface area (Å²) in [4.78, 5) is 31.0. The number of rotatable bonds is 7. The standard InChI is InChI=1S/C21H19ClN4O4S2/c1-3-9-25-18(29)14(16(27)23-20(25)31)13(11-5-7-12(22)8-6-11)15-17(28)24-21(32)26(10-4-2)19(15)30/h3-8,13,29-30H,1-2,9-10H2,(H,23,27,31)(H,24,28,32). The molecule has 32 heavy (non-hydrogen) atoms. The van der Waals surface area contributed by atoms with Crippen LogP contribution in [0.2, 0.25) is 5.02 Å². The highest BCUT2D eigenvalue weighted by atomic mass is 35.5. The minimum atomic E-state index is -1.18. The Morgan fingerprint density at radius 2 is 1.31 bits per heavy atom. The Kier molecular flexibility index (Phi) is 6.97. The van der Waals surface area contributed by atoms with Gasteiger partial charge in [-0.25, -0.2) is 0 Å². The molecule has 0 spiro atoms. The lowest BCUT2D eigenvalue weighted by atomic mass is 9.86. The van der Waals surface area contributed by atoms with Crippen LogP contribution in [-0.2, 0) is 13.1 Å². The molecule has 11 heteroatoms. The normalized spacial score (nSPS) is 10.9. The van der Waals surface area contributed by atoms with E-state index in [1.54, 1.807) is 24.3 Å². The van der Waals surface area contributed by atoms with E-state index in [0.717, 1.165) is 0 Å². The summed E-state index contributed by atoms with van der Waals surface area (Å²) >= 11 is 16.3. The quantitative estimate of drug-likeness (QED) is 0.296. The van der Waals surface area contributed by atoms with Gasteiger partial charge in [-0.1, -0.05) is 35.9 Å². The third-order valence-corrected chi connectivity index (χ3v) is 5.71. The maximum Gasteiger partial charge on any atom is 0.259 e. The Hall–Kier alpha value is -3.21. The third kappa shape index (κ3) is 4.24. The number of aromatic nitrogens is 4. The summed E-state index contributed by atoms with van der Waals surface area (Å²) in [5, 5.41) is 22.4. The number of halogens is 1. The number of H-pyrrole nitrogens is 2. The van der Waals surface area contributed by atoms with Crippen LogP contribution < -0.4 is 11.1 Å². The van der Waals surface area contributed by atoms with Crippen molar-refractivity contribution in [1.29, 1.82) is 0 Å². The molecular weight excluding hydrogens is 472 g/mol. The van der Waals surface area contributed by atoms with E-state index in [2.05, 4.69) is 23.1 Å². The molecule has 8 nitrogen and oxygen atoms in total. The number of hydrogen-bond donors (Lipinski definition) is 4. The first-order valence-electron chi connectivity index (χ1n) is 9.30. The predicted molar refractivity (Wildman–Crippen MR) is 128 cm³/mol. The van der Waals surface area contributed by atoms with Gasteiger partial charge in [-0.2, -0.15) is 0 Å².